The van der Waals surface area contributed by atoms with Crippen LogP contribution in [0, 0.1) is 0 Å². The number of hydrogen-bond acceptors (Lipinski definition) is 3. The van der Waals surface area contributed by atoms with Crippen molar-refractivity contribution in [3.63, 3.8) is 0 Å². The van der Waals surface area contributed by atoms with Crippen LogP contribution in [-0.4, -0.2) is 25.0 Å². The van der Waals surface area contributed by atoms with Gasteiger partial charge in [-0.25, -0.2) is 0 Å². The van der Waals surface area contributed by atoms with Gasteiger partial charge in [-0.2, -0.15) is 0 Å². The maximum atomic E-state index is 12.3. The number of ether oxygens (including phenoxy) is 1. The van der Waals surface area contributed by atoms with Gasteiger partial charge in [0.05, 0.1) is 17.8 Å². The highest BCUT2D eigenvalue weighted by atomic mass is 35.5. The Morgan fingerprint density at radius 2 is 1.58 bits per heavy atom. The third-order valence-corrected chi connectivity index (χ3v) is 3.58. The normalized spacial score (nSPS) is 10.4. The first-order chi connectivity index (χ1) is 11.4. The zero-order valence-corrected chi connectivity index (χ0v) is 14.5. The van der Waals surface area contributed by atoms with Crippen LogP contribution in [0.1, 0.15) is 34.6 Å². The van der Waals surface area contributed by atoms with Crippen LogP contribution in [0.25, 0.3) is 0 Å². The number of hydrogen-bond donors (Lipinski definition) is 2. The Balaban J connectivity index is 2.12. The summed E-state index contributed by atoms with van der Waals surface area (Å²) in [4.78, 5) is 24.2. The summed E-state index contributed by atoms with van der Waals surface area (Å²) in [5.74, 6) is 0.101. The molecular weight excluding hydrogens is 328 g/mol. The molecule has 2 aromatic carbocycles. The Morgan fingerprint density at radius 3 is 2.12 bits per heavy atom. The lowest BCUT2D eigenvalue weighted by Crippen LogP contribution is -2.30. The zero-order chi connectivity index (χ0) is 17.7. The average Bonchev–Trinajstić information content (AvgIpc) is 2.56. The highest BCUT2D eigenvalue weighted by Crippen LogP contribution is 2.27. The van der Waals surface area contributed by atoms with Crippen LogP contribution in [0.3, 0.4) is 0 Å². The van der Waals surface area contributed by atoms with Crippen molar-refractivity contribution in [2.45, 2.75) is 19.9 Å². The fraction of sp³-hybridized carbons (Fsp3) is 0.222. The molecule has 2 N–H and O–H groups in total. The van der Waals surface area contributed by atoms with E-state index in [0.717, 1.165) is 0 Å². The molecule has 0 radical (unpaired) electrons. The predicted molar refractivity (Wildman–Crippen MR) is 95.0 cm³/mol. The Morgan fingerprint density at radius 1 is 1.00 bits per heavy atom. The van der Waals surface area contributed by atoms with E-state index >= 15 is 0 Å². The van der Waals surface area contributed by atoms with Crippen molar-refractivity contribution in [1.29, 1.82) is 0 Å². The molecule has 126 valence electrons. The minimum Gasteiger partial charge on any atom is -0.497 e. The predicted octanol–water partition coefficient (Wildman–Crippen LogP) is 3.74. The van der Waals surface area contributed by atoms with E-state index in [2.05, 4.69) is 10.6 Å². The Hall–Kier alpha value is -2.53. The fourth-order valence-electron chi connectivity index (χ4n) is 2.04. The highest BCUT2D eigenvalue weighted by molar-refractivity contribution is 6.34. The van der Waals surface area contributed by atoms with Crippen molar-refractivity contribution in [2.75, 3.05) is 12.4 Å². The second-order valence-corrected chi connectivity index (χ2v) is 5.91. The largest absolute Gasteiger partial charge is 0.497 e. The van der Waals surface area contributed by atoms with Gasteiger partial charge in [-0.05, 0) is 50.2 Å². The van der Waals surface area contributed by atoms with Gasteiger partial charge in [0.25, 0.3) is 11.8 Å². The lowest BCUT2D eigenvalue weighted by Gasteiger charge is -2.10. The monoisotopic (exact) mass is 346 g/mol. The minimum absolute atomic E-state index is 0.0516. The van der Waals surface area contributed by atoms with Gasteiger partial charge in [0, 0.05) is 23.2 Å². The SMILES string of the molecule is COc1ccc(Cl)c(NC(=O)c2ccc(C(=O)NC(C)C)cc2)c1. The van der Waals surface area contributed by atoms with Crippen molar-refractivity contribution in [3.8, 4) is 5.75 Å². The molecule has 0 aromatic heterocycles. The first-order valence-corrected chi connectivity index (χ1v) is 7.84. The van der Waals surface area contributed by atoms with E-state index in [1.165, 1.54) is 7.11 Å². The average molecular weight is 347 g/mol. The summed E-state index contributed by atoms with van der Waals surface area (Å²) in [6, 6.07) is 11.5. The molecule has 0 saturated heterocycles. The number of carbonyl (C=O) groups is 2. The summed E-state index contributed by atoms with van der Waals surface area (Å²) >= 11 is 6.08. The van der Waals surface area contributed by atoms with Crippen molar-refractivity contribution < 1.29 is 14.3 Å². The summed E-state index contributed by atoms with van der Waals surface area (Å²) in [5.41, 5.74) is 1.39. The number of nitrogens with one attached hydrogen (secondary N) is 2. The second-order valence-electron chi connectivity index (χ2n) is 5.51. The molecule has 24 heavy (non-hydrogen) atoms. The van der Waals surface area contributed by atoms with E-state index < -0.39 is 0 Å². The molecule has 0 aliphatic carbocycles. The maximum absolute atomic E-state index is 12.3. The number of rotatable bonds is 5. The fourth-order valence-corrected chi connectivity index (χ4v) is 2.20. The molecule has 0 heterocycles. The van der Waals surface area contributed by atoms with Crippen LogP contribution in [0.15, 0.2) is 42.5 Å². The topological polar surface area (TPSA) is 67.4 Å². The first-order valence-electron chi connectivity index (χ1n) is 7.46. The summed E-state index contributed by atoms with van der Waals surface area (Å²) in [6.07, 6.45) is 0. The summed E-state index contributed by atoms with van der Waals surface area (Å²) in [6.45, 7) is 3.77. The van der Waals surface area contributed by atoms with Gasteiger partial charge in [-0.15, -0.1) is 0 Å². The van der Waals surface area contributed by atoms with Crippen molar-refractivity contribution >= 4 is 29.1 Å². The van der Waals surface area contributed by atoms with Crippen molar-refractivity contribution in [1.82, 2.24) is 5.32 Å². The van der Waals surface area contributed by atoms with Gasteiger partial charge in [0.2, 0.25) is 0 Å². The minimum atomic E-state index is -0.319. The summed E-state index contributed by atoms with van der Waals surface area (Å²) < 4.78 is 5.12. The molecule has 0 bridgehead atoms. The molecule has 5 nitrogen and oxygen atoms in total. The molecule has 0 fully saturated rings. The van der Waals surface area contributed by atoms with E-state index in [1.807, 2.05) is 13.8 Å². The van der Waals surface area contributed by atoms with E-state index in [0.29, 0.717) is 27.6 Å². The van der Waals surface area contributed by atoms with Gasteiger partial charge in [-0.3, -0.25) is 9.59 Å². The zero-order valence-electron chi connectivity index (χ0n) is 13.7. The molecule has 2 aromatic rings. The summed E-state index contributed by atoms with van der Waals surface area (Å²) in [5, 5.41) is 5.94. The molecule has 0 atom stereocenters. The van der Waals surface area contributed by atoms with E-state index in [4.69, 9.17) is 16.3 Å². The van der Waals surface area contributed by atoms with Crippen molar-refractivity contribution in [3.05, 3.63) is 58.6 Å². The van der Waals surface area contributed by atoms with Gasteiger partial charge in [-0.1, -0.05) is 11.6 Å². The van der Waals surface area contributed by atoms with Crippen molar-refractivity contribution in [2.24, 2.45) is 0 Å². The molecule has 2 rings (SSSR count). The second kappa shape index (κ2) is 7.84. The van der Waals surface area contributed by atoms with Gasteiger partial charge < -0.3 is 15.4 Å². The van der Waals surface area contributed by atoms with Crippen LogP contribution in [0.5, 0.6) is 5.75 Å². The quantitative estimate of drug-likeness (QED) is 0.866. The van der Waals surface area contributed by atoms with Crippen LogP contribution in [0.4, 0.5) is 5.69 Å². The van der Waals surface area contributed by atoms with E-state index in [1.54, 1.807) is 42.5 Å². The van der Waals surface area contributed by atoms with Crippen LogP contribution in [0.2, 0.25) is 5.02 Å². The molecule has 6 heteroatoms. The number of anilines is 1. The third kappa shape index (κ3) is 4.49. The number of amides is 2. The highest BCUT2D eigenvalue weighted by Gasteiger charge is 2.12. The van der Waals surface area contributed by atoms with Crippen LogP contribution >= 0.6 is 11.6 Å². The van der Waals surface area contributed by atoms with Crippen LogP contribution < -0.4 is 15.4 Å². The molecule has 0 saturated carbocycles. The van der Waals surface area contributed by atoms with Gasteiger partial charge in [0.1, 0.15) is 5.75 Å². The molecule has 0 aliphatic heterocycles. The molecule has 2 amide bonds. The number of methoxy groups -OCH3 is 1. The lowest BCUT2D eigenvalue weighted by atomic mass is 10.1. The van der Waals surface area contributed by atoms with Gasteiger partial charge >= 0.3 is 0 Å². The number of benzene rings is 2. The van der Waals surface area contributed by atoms with Gasteiger partial charge in [0.15, 0.2) is 0 Å². The first kappa shape index (κ1) is 17.8. The molecule has 0 spiro atoms. The Kier molecular flexibility index (Phi) is 5.82. The van der Waals surface area contributed by atoms with E-state index in [-0.39, 0.29) is 17.9 Å². The molecular formula is C18H19ClN2O3. The number of carbonyl (C=O) groups excluding carboxylic acids is 2. The third-order valence-electron chi connectivity index (χ3n) is 3.25. The van der Waals surface area contributed by atoms with Crippen LogP contribution in [-0.2, 0) is 0 Å². The Bertz CT molecular complexity index is 742. The lowest BCUT2D eigenvalue weighted by molar-refractivity contribution is 0.0941. The smallest absolute Gasteiger partial charge is 0.255 e. The Labute approximate surface area is 146 Å². The molecule has 0 aliphatic rings. The van der Waals surface area contributed by atoms with E-state index in [9.17, 15) is 9.59 Å². The molecule has 0 unspecified atom stereocenters. The maximum Gasteiger partial charge on any atom is 0.255 e. The standard InChI is InChI=1S/C18H19ClN2O3/c1-11(2)20-17(22)12-4-6-13(7-5-12)18(23)21-16-10-14(24-3)8-9-15(16)19/h4-11H,1-3H3,(H,20,22)(H,21,23). The summed E-state index contributed by atoms with van der Waals surface area (Å²) in [7, 11) is 1.54. The number of halogens is 1.